The van der Waals surface area contributed by atoms with Gasteiger partial charge in [-0.1, -0.05) is 32.0 Å². The van der Waals surface area contributed by atoms with Crippen molar-refractivity contribution in [2.24, 2.45) is 5.92 Å². The van der Waals surface area contributed by atoms with Gasteiger partial charge in [0.15, 0.2) is 11.7 Å². The summed E-state index contributed by atoms with van der Waals surface area (Å²) < 4.78 is 8.97. The number of hydrogen-bond acceptors (Lipinski definition) is 5. The molecule has 0 aliphatic carbocycles. The molecule has 0 unspecified atom stereocenters. The van der Waals surface area contributed by atoms with E-state index in [1.807, 2.05) is 45.0 Å². The van der Waals surface area contributed by atoms with Gasteiger partial charge in [0.2, 0.25) is 5.91 Å². The Bertz CT molecular complexity index is 993. The molecule has 0 spiro atoms. The third kappa shape index (κ3) is 5.21. The SMILES string of the molecule is Cc1ccccc1Oc1cc(O)n([C@@H](CC(C)C)C(=O)Nc2ccn(CCO)n2)c1. The molecule has 0 aliphatic rings. The molecule has 3 aromatic rings. The highest BCUT2D eigenvalue weighted by molar-refractivity contribution is 5.93. The lowest BCUT2D eigenvalue weighted by Gasteiger charge is -2.20. The van der Waals surface area contributed by atoms with Gasteiger partial charge in [-0.15, -0.1) is 0 Å². The van der Waals surface area contributed by atoms with E-state index in [-0.39, 0.29) is 24.3 Å². The molecule has 30 heavy (non-hydrogen) atoms. The number of hydrogen-bond donors (Lipinski definition) is 3. The number of aliphatic hydroxyl groups is 1. The fourth-order valence-electron chi connectivity index (χ4n) is 3.20. The van der Waals surface area contributed by atoms with Crippen molar-refractivity contribution < 1.29 is 19.7 Å². The van der Waals surface area contributed by atoms with Crippen LogP contribution in [-0.2, 0) is 11.3 Å². The van der Waals surface area contributed by atoms with Crippen molar-refractivity contribution in [3.05, 3.63) is 54.4 Å². The van der Waals surface area contributed by atoms with Crippen LogP contribution in [0.2, 0.25) is 0 Å². The molecule has 0 saturated carbocycles. The molecule has 1 aromatic carbocycles. The van der Waals surface area contributed by atoms with Crippen LogP contribution in [0, 0.1) is 12.8 Å². The lowest BCUT2D eigenvalue weighted by Crippen LogP contribution is -2.27. The van der Waals surface area contributed by atoms with E-state index in [1.54, 1.807) is 23.1 Å². The molecular formula is C22H28N4O4. The van der Waals surface area contributed by atoms with E-state index in [9.17, 15) is 9.90 Å². The maximum Gasteiger partial charge on any atom is 0.248 e. The summed E-state index contributed by atoms with van der Waals surface area (Å²) in [6, 6.07) is 10.1. The largest absolute Gasteiger partial charge is 0.494 e. The van der Waals surface area contributed by atoms with Crippen LogP contribution in [0.3, 0.4) is 0 Å². The molecule has 0 saturated heterocycles. The number of amides is 1. The van der Waals surface area contributed by atoms with Crippen LogP contribution in [0.4, 0.5) is 5.82 Å². The van der Waals surface area contributed by atoms with Crippen LogP contribution in [0.1, 0.15) is 31.9 Å². The highest BCUT2D eigenvalue weighted by atomic mass is 16.5. The van der Waals surface area contributed by atoms with Gasteiger partial charge in [-0.3, -0.25) is 9.48 Å². The Morgan fingerprint density at radius 3 is 2.73 bits per heavy atom. The highest BCUT2D eigenvalue weighted by Gasteiger charge is 2.25. The molecule has 1 amide bonds. The van der Waals surface area contributed by atoms with Crippen molar-refractivity contribution >= 4 is 11.7 Å². The van der Waals surface area contributed by atoms with E-state index >= 15 is 0 Å². The first-order valence-electron chi connectivity index (χ1n) is 9.97. The number of aryl methyl sites for hydroxylation is 1. The van der Waals surface area contributed by atoms with Crippen LogP contribution in [0.5, 0.6) is 17.4 Å². The van der Waals surface area contributed by atoms with Crippen molar-refractivity contribution in [2.75, 3.05) is 11.9 Å². The average molecular weight is 412 g/mol. The summed E-state index contributed by atoms with van der Waals surface area (Å²) in [5.41, 5.74) is 0.972. The van der Waals surface area contributed by atoms with Crippen LogP contribution >= 0.6 is 0 Å². The summed E-state index contributed by atoms with van der Waals surface area (Å²) in [6.07, 6.45) is 3.85. The van der Waals surface area contributed by atoms with E-state index < -0.39 is 6.04 Å². The van der Waals surface area contributed by atoms with Gasteiger partial charge in [0.25, 0.3) is 0 Å². The zero-order valence-electron chi connectivity index (χ0n) is 17.4. The number of ether oxygens (including phenoxy) is 1. The van der Waals surface area contributed by atoms with Gasteiger partial charge < -0.3 is 24.8 Å². The molecule has 160 valence electrons. The fraction of sp³-hybridized carbons (Fsp3) is 0.364. The first kappa shape index (κ1) is 21.4. The van der Waals surface area contributed by atoms with Crippen LogP contribution in [0.15, 0.2) is 48.8 Å². The Morgan fingerprint density at radius 2 is 2.03 bits per heavy atom. The number of aromatic hydroxyl groups is 1. The number of nitrogens with one attached hydrogen (secondary N) is 1. The predicted molar refractivity (Wildman–Crippen MR) is 114 cm³/mol. The molecule has 2 aromatic heterocycles. The predicted octanol–water partition coefficient (Wildman–Crippen LogP) is 3.71. The summed E-state index contributed by atoms with van der Waals surface area (Å²) in [6.45, 7) is 6.29. The number of para-hydroxylation sites is 1. The monoisotopic (exact) mass is 412 g/mol. The second kappa shape index (κ2) is 9.49. The number of carbonyl (C=O) groups excluding carboxylic acids is 1. The fourth-order valence-corrected chi connectivity index (χ4v) is 3.20. The van der Waals surface area contributed by atoms with Crippen molar-refractivity contribution in [1.29, 1.82) is 0 Å². The van der Waals surface area contributed by atoms with Gasteiger partial charge in [0.1, 0.15) is 17.5 Å². The minimum Gasteiger partial charge on any atom is -0.494 e. The minimum absolute atomic E-state index is 0.0358. The van der Waals surface area contributed by atoms with E-state index in [0.29, 0.717) is 30.3 Å². The summed E-state index contributed by atoms with van der Waals surface area (Å²) in [7, 11) is 0. The van der Waals surface area contributed by atoms with Gasteiger partial charge in [-0.2, -0.15) is 5.10 Å². The molecule has 0 radical (unpaired) electrons. The molecule has 8 heteroatoms. The summed E-state index contributed by atoms with van der Waals surface area (Å²) in [5, 5.41) is 26.5. The minimum atomic E-state index is -0.637. The van der Waals surface area contributed by atoms with E-state index in [1.165, 1.54) is 10.6 Å². The number of aromatic nitrogens is 3. The van der Waals surface area contributed by atoms with Crippen LogP contribution in [-0.4, -0.2) is 37.1 Å². The van der Waals surface area contributed by atoms with Crippen molar-refractivity contribution in [1.82, 2.24) is 14.3 Å². The molecular weight excluding hydrogens is 384 g/mol. The van der Waals surface area contributed by atoms with Crippen LogP contribution < -0.4 is 10.1 Å². The van der Waals surface area contributed by atoms with Crippen molar-refractivity contribution in [2.45, 2.75) is 39.8 Å². The summed E-state index contributed by atoms with van der Waals surface area (Å²) in [5.74, 6) is 1.42. The zero-order chi connectivity index (χ0) is 21.7. The number of benzene rings is 1. The van der Waals surface area contributed by atoms with Gasteiger partial charge in [-0.25, -0.2) is 0 Å². The molecule has 2 heterocycles. The Hall–Kier alpha value is -3.26. The molecule has 1 atom stereocenters. The van der Waals surface area contributed by atoms with Gasteiger partial charge >= 0.3 is 0 Å². The summed E-state index contributed by atoms with van der Waals surface area (Å²) in [4.78, 5) is 13.0. The number of nitrogens with zero attached hydrogens (tertiary/aromatic N) is 3. The first-order valence-corrected chi connectivity index (χ1v) is 9.97. The lowest BCUT2D eigenvalue weighted by atomic mass is 10.0. The number of rotatable bonds is 9. The maximum atomic E-state index is 13.0. The Morgan fingerprint density at radius 1 is 1.27 bits per heavy atom. The summed E-state index contributed by atoms with van der Waals surface area (Å²) >= 11 is 0. The van der Waals surface area contributed by atoms with E-state index in [4.69, 9.17) is 9.84 Å². The molecule has 3 rings (SSSR count). The Labute approximate surface area is 175 Å². The van der Waals surface area contributed by atoms with Gasteiger partial charge in [0, 0.05) is 18.3 Å². The normalized spacial score (nSPS) is 12.2. The van der Waals surface area contributed by atoms with Gasteiger partial charge in [0.05, 0.1) is 19.3 Å². The smallest absolute Gasteiger partial charge is 0.248 e. The second-order valence-corrected chi connectivity index (χ2v) is 7.63. The number of anilines is 1. The third-order valence-corrected chi connectivity index (χ3v) is 4.68. The zero-order valence-corrected chi connectivity index (χ0v) is 17.4. The molecule has 0 fully saturated rings. The third-order valence-electron chi connectivity index (χ3n) is 4.68. The Balaban J connectivity index is 1.81. The topological polar surface area (TPSA) is 102 Å². The molecule has 0 bridgehead atoms. The standard InChI is InChI=1S/C22H28N4O4/c1-15(2)12-18(22(29)23-20-8-9-25(24-20)10-11-27)26-14-17(13-21(26)28)30-19-7-5-4-6-16(19)3/h4-9,13-15,18,27-28H,10-12H2,1-3H3,(H,23,24,29)/t18-/m0/s1. The highest BCUT2D eigenvalue weighted by Crippen LogP contribution is 2.33. The molecule has 3 N–H and O–H groups in total. The molecule has 8 nitrogen and oxygen atoms in total. The van der Waals surface area contributed by atoms with Gasteiger partial charge in [-0.05, 0) is 30.9 Å². The molecule has 0 aliphatic heterocycles. The maximum absolute atomic E-state index is 13.0. The number of carbonyl (C=O) groups is 1. The number of aliphatic hydroxyl groups excluding tert-OH is 1. The van der Waals surface area contributed by atoms with Crippen molar-refractivity contribution in [3.8, 4) is 17.4 Å². The van der Waals surface area contributed by atoms with E-state index in [0.717, 1.165) is 5.56 Å². The second-order valence-electron chi connectivity index (χ2n) is 7.63. The quantitative estimate of drug-likeness (QED) is 0.497. The van der Waals surface area contributed by atoms with E-state index in [2.05, 4.69) is 10.4 Å². The van der Waals surface area contributed by atoms with Crippen LogP contribution in [0.25, 0.3) is 0 Å². The Kier molecular flexibility index (Phi) is 6.79. The first-order chi connectivity index (χ1) is 14.4. The lowest BCUT2D eigenvalue weighted by molar-refractivity contribution is -0.119. The van der Waals surface area contributed by atoms with Crippen molar-refractivity contribution in [3.63, 3.8) is 0 Å². The average Bonchev–Trinajstić information content (AvgIpc) is 3.28.